The predicted octanol–water partition coefficient (Wildman–Crippen LogP) is 0.464. The van der Waals surface area contributed by atoms with E-state index >= 15 is 0 Å². The number of hydrogen-bond donors (Lipinski definition) is 3. The third kappa shape index (κ3) is 2.61. The van der Waals surface area contributed by atoms with Crippen molar-refractivity contribution in [3.63, 3.8) is 0 Å². The fourth-order valence-electron chi connectivity index (χ4n) is 0.971. The highest BCUT2D eigenvalue weighted by molar-refractivity contribution is 5.97. The molecule has 1 aromatic rings. The number of hydrogen-bond acceptors (Lipinski definition) is 2. The smallest absolute Gasteiger partial charge is 0.352 e. The number of carbonyl (C=O) groups excluding carboxylic acids is 1. The molecule has 0 aliphatic rings. The van der Waals surface area contributed by atoms with Crippen molar-refractivity contribution < 1.29 is 14.7 Å². The summed E-state index contributed by atoms with van der Waals surface area (Å²) in [6.45, 7) is 1.66. The number of carbonyl (C=O) groups is 2. The van der Waals surface area contributed by atoms with Crippen LogP contribution >= 0.6 is 0 Å². The number of amides is 1. The molecular weight excluding hydrogens is 196 g/mol. The Labute approximate surface area is 86.5 Å². The summed E-state index contributed by atoms with van der Waals surface area (Å²) in [5.74, 6) is 0.826. The molecule has 0 spiro atoms. The minimum absolute atomic E-state index is 0.0338. The Morgan fingerprint density at radius 3 is 2.80 bits per heavy atom. The quantitative estimate of drug-likeness (QED) is 0.628. The molecule has 15 heavy (non-hydrogen) atoms. The van der Waals surface area contributed by atoms with Gasteiger partial charge >= 0.3 is 5.97 Å². The maximum absolute atomic E-state index is 11.4. The van der Waals surface area contributed by atoms with E-state index in [-0.39, 0.29) is 17.3 Å². The van der Waals surface area contributed by atoms with Crippen molar-refractivity contribution in [3.05, 3.63) is 23.5 Å². The maximum atomic E-state index is 11.4. The summed E-state index contributed by atoms with van der Waals surface area (Å²) >= 11 is 0. The summed E-state index contributed by atoms with van der Waals surface area (Å²) in [5, 5.41) is 11.1. The van der Waals surface area contributed by atoms with E-state index in [4.69, 9.17) is 11.5 Å². The van der Waals surface area contributed by atoms with Gasteiger partial charge in [0.2, 0.25) is 0 Å². The van der Waals surface area contributed by atoms with Gasteiger partial charge in [-0.15, -0.1) is 6.42 Å². The lowest BCUT2D eigenvalue weighted by Gasteiger charge is -2.05. The van der Waals surface area contributed by atoms with Crippen LogP contribution in [-0.4, -0.2) is 28.0 Å². The van der Waals surface area contributed by atoms with Crippen molar-refractivity contribution in [2.75, 3.05) is 0 Å². The first-order chi connectivity index (χ1) is 7.04. The molecule has 0 saturated carbocycles. The fraction of sp³-hybridized carbons (Fsp3) is 0.200. The monoisotopic (exact) mass is 206 g/mol. The van der Waals surface area contributed by atoms with Crippen LogP contribution in [0.5, 0.6) is 0 Å². The number of carboxylic acid groups (broad SMARTS) is 1. The van der Waals surface area contributed by atoms with Crippen LogP contribution in [0.3, 0.4) is 0 Å². The van der Waals surface area contributed by atoms with Crippen LogP contribution in [0.25, 0.3) is 0 Å². The third-order valence-electron chi connectivity index (χ3n) is 1.77. The summed E-state index contributed by atoms with van der Waals surface area (Å²) in [6, 6.07) is 0.863. The number of H-pyrrole nitrogens is 1. The average Bonchev–Trinajstić information content (AvgIpc) is 2.66. The molecule has 3 N–H and O–H groups in total. The Morgan fingerprint density at radius 1 is 1.67 bits per heavy atom. The highest BCUT2D eigenvalue weighted by atomic mass is 16.4. The zero-order valence-electron chi connectivity index (χ0n) is 8.07. The van der Waals surface area contributed by atoms with Crippen molar-refractivity contribution in [2.45, 2.75) is 13.0 Å². The van der Waals surface area contributed by atoms with E-state index in [1.54, 1.807) is 6.92 Å². The molecular formula is C10H10N2O3. The van der Waals surface area contributed by atoms with Crippen LogP contribution in [0, 0.1) is 12.3 Å². The maximum Gasteiger partial charge on any atom is 0.352 e. The molecule has 5 nitrogen and oxygen atoms in total. The standard InChI is InChI=1S/C10H10N2O3/c1-3-6(2)12-9(13)7-4-8(10(14)15)11-5-7/h1,4-6,11H,2H3,(H,12,13)(H,14,15). The van der Waals surface area contributed by atoms with Gasteiger partial charge in [0.05, 0.1) is 11.6 Å². The van der Waals surface area contributed by atoms with Crippen molar-refractivity contribution in [1.82, 2.24) is 10.3 Å². The van der Waals surface area contributed by atoms with Crippen LogP contribution in [0.1, 0.15) is 27.8 Å². The van der Waals surface area contributed by atoms with E-state index in [0.29, 0.717) is 0 Å². The van der Waals surface area contributed by atoms with Crippen LogP contribution in [-0.2, 0) is 0 Å². The number of aromatic amines is 1. The largest absolute Gasteiger partial charge is 0.477 e. The van der Waals surface area contributed by atoms with E-state index in [2.05, 4.69) is 16.2 Å². The molecule has 5 heteroatoms. The molecule has 78 valence electrons. The van der Waals surface area contributed by atoms with Crippen molar-refractivity contribution in [2.24, 2.45) is 0 Å². The van der Waals surface area contributed by atoms with E-state index in [0.717, 1.165) is 0 Å². The third-order valence-corrected chi connectivity index (χ3v) is 1.77. The van der Waals surface area contributed by atoms with E-state index < -0.39 is 11.9 Å². The highest BCUT2D eigenvalue weighted by Gasteiger charge is 2.12. The van der Waals surface area contributed by atoms with Crippen LogP contribution in [0.4, 0.5) is 0 Å². The molecule has 0 fully saturated rings. The lowest BCUT2D eigenvalue weighted by Crippen LogP contribution is -2.30. The van der Waals surface area contributed by atoms with Crippen molar-refractivity contribution >= 4 is 11.9 Å². The van der Waals surface area contributed by atoms with Crippen LogP contribution in [0.2, 0.25) is 0 Å². The Hall–Kier alpha value is -2.22. The van der Waals surface area contributed by atoms with Crippen LogP contribution < -0.4 is 5.32 Å². The average molecular weight is 206 g/mol. The van der Waals surface area contributed by atoms with E-state index in [1.807, 2.05) is 0 Å². The normalized spacial score (nSPS) is 11.5. The van der Waals surface area contributed by atoms with Gasteiger partial charge < -0.3 is 15.4 Å². The second-order valence-corrected chi connectivity index (χ2v) is 2.97. The lowest BCUT2D eigenvalue weighted by atomic mass is 10.2. The number of carboxylic acids is 1. The minimum Gasteiger partial charge on any atom is -0.477 e. The SMILES string of the molecule is C#CC(C)NC(=O)c1c[nH]c(C(=O)O)c1. The summed E-state index contributed by atoms with van der Waals surface area (Å²) < 4.78 is 0. The minimum atomic E-state index is -1.11. The summed E-state index contributed by atoms with van der Waals surface area (Å²) in [6.07, 6.45) is 6.41. The topological polar surface area (TPSA) is 82.2 Å². The van der Waals surface area contributed by atoms with Gasteiger partial charge in [-0.3, -0.25) is 4.79 Å². The molecule has 0 aromatic carbocycles. The van der Waals surface area contributed by atoms with Gasteiger partial charge in [-0.05, 0) is 13.0 Å². The van der Waals surface area contributed by atoms with Gasteiger partial charge in [0, 0.05) is 6.20 Å². The fourth-order valence-corrected chi connectivity index (χ4v) is 0.971. The van der Waals surface area contributed by atoms with E-state index in [9.17, 15) is 9.59 Å². The summed E-state index contributed by atoms with van der Waals surface area (Å²) in [7, 11) is 0. The predicted molar refractivity (Wildman–Crippen MR) is 53.5 cm³/mol. The van der Waals surface area contributed by atoms with Crippen molar-refractivity contribution in [3.8, 4) is 12.3 Å². The molecule has 0 aliphatic carbocycles. The van der Waals surface area contributed by atoms with E-state index in [1.165, 1.54) is 12.3 Å². The zero-order valence-corrected chi connectivity index (χ0v) is 8.07. The lowest BCUT2D eigenvalue weighted by molar-refractivity contribution is 0.0691. The molecule has 1 unspecified atom stereocenters. The van der Waals surface area contributed by atoms with Gasteiger partial charge in [-0.1, -0.05) is 5.92 Å². The first-order valence-electron chi connectivity index (χ1n) is 4.23. The number of rotatable bonds is 3. The zero-order chi connectivity index (χ0) is 11.4. The van der Waals surface area contributed by atoms with Crippen molar-refractivity contribution in [1.29, 1.82) is 0 Å². The summed E-state index contributed by atoms with van der Waals surface area (Å²) in [5.41, 5.74) is 0.211. The summed E-state index contributed by atoms with van der Waals surface area (Å²) in [4.78, 5) is 24.4. The molecule has 0 aliphatic heterocycles. The Balaban J connectivity index is 2.75. The van der Waals surface area contributed by atoms with Gasteiger partial charge in [0.1, 0.15) is 5.69 Å². The molecule has 1 atom stereocenters. The highest BCUT2D eigenvalue weighted by Crippen LogP contribution is 2.03. The molecule has 0 saturated heterocycles. The first kappa shape index (κ1) is 10.9. The molecule has 1 heterocycles. The van der Waals surface area contributed by atoms with Gasteiger partial charge in [-0.25, -0.2) is 4.79 Å². The molecule has 1 rings (SSSR count). The Kier molecular flexibility index (Phi) is 3.13. The Morgan fingerprint density at radius 2 is 2.33 bits per heavy atom. The Bertz CT molecular complexity index is 428. The first-order valence-corrected chi connectivity index (χ1v) is 4.23. The number of terminal acetylenes is 1. The number of aromatic carboxylic acids is 1. The van der Waals surface area contributed by atoms with Crippen LogP contribution in [0.15, 0.2) is 12.3 Å². The molecule has 1 amide bonds. The second-order valence-electron chi connectivity index (χ2n) is 2.97. The van der Waals surface area contributed by atoms with Gasteiger partial charge in [0.15, 0.2) is 0 Å². The molecule has 1 aromatic heterocycles. The van der Waals surface area contributed by atoms with Gasteiger partial charge in [0.25, 0.3) is 5.91 Å². The second kappa shape index (κ2) is 4.33. The number of nitrogens with one attached hydrogen (secondary N) is 2. The van der Waals surface area contributed by atoms with Gasteiger partial charge in [-0.2, -0.15) is 0 Å². The number of aromatic nitrogens is 1. The molecule has 0 bridgehead atoms. The molecule has 0 radical (unpaired) electrons.